The van der Waals surface area contributed by atoms with Gasteiger partial charge in [-0.25, -0.2) is 0 Å². The van der Waals surface area contributed by atoms with Crippen LogP contribution in [-0.4, -0.2) is 17.4 Å². The van der Waals surface area contributed by atoms with E-state index in [0.29, 0.717) is 19.5 Å². The highest BCUT2D eigenvalue weighted by Gasteiger charge is 2.01. The summed E-state index contributed by atoms with van der Waals surface area (Å²) < 4.78 is 1.04. The summed E-state index contributed by atoms with van der Waals surface area (Å²) in [6.07, 6.45) is 3.88. The number of amides is 1. The van der Waals surface area contributed by atoms with E-state index in [9.17, 15) is 4.79 Å². The lowest BCUT2D eigenvalue weighted by atomic mass is 10.2. The van der Waals surface area contributed by atoms with E-state index >= 15 is 0 Å². The first kappa shape index (κ1) is 14.5. The van der Waals surface area contributed by atoms with Gasteiger partial charge in [0.2, 0.25) is 5.91 Å². The summed E-state index contributed by atoms with van der Waals surface area (Å²) >= 11 is 3.38. The Balaban J connectivity index is 1.66. The standard InChI is InChI=1S/C15H16BrN3O/c16-13-1-3-14(4-2-13)18-10-7-15(20)19-11-12-5-8-17-9-6-12/h1-6,8-9,18H,7,10-11H2,(H,19,20). The van der Waals surface area contributed by atoms with E-state index in [1.807, 2.05) is 36.4 Å². The Labute approximate surface area is 126 Å². The fourth-order valence-corrected chi connectivity index (χ4v) is 1.94. The Morgan fingerprint density at radius 1 is 1.10 bits per heavy atom. The third-order valence-electron chi connectivity index (χ3n) is 2.76. The highest BCUT2D eigenvalue weighted by atomic mass is 79.9. The summed E-state index contributed by atoms with van der Waals surface area (Å²) in [5.74, 6) is 0.0337. The van der Waals surface area contributed by atoms with Crippen molar-refractivity contribution in [1.29, 1.82) is 0 Å². The molecule has 2 aromatic rings. The Bertz CT molecular complexity index is 543. The molecule has 0 aliphatic heterocycles. The van der Waals surface area contributed by atoms with Crippen molar-refractivity contribution in [2.75, 3.05) is 11.9 Å². The molecule has 0 fully saturated rings. The van der Waals surface area contributed by atoms with Gasteiger partial charge in [-0.2, -0.15) is 0 Å². The molecule has 1 aromatic carbocycles. The molecule has 0 spiro atoms. The summed E-state index contributed by atoms with van der Waals surface area (Å²) in [5, 5.41) is 6.09. The lowest BCUT2D eigenvalue weighted by Gasteiger charge is -2.07. The van der Waals surface area contributed by atoms with Gasteiger partial charge in [0.15, 0.2) is 0 Å². The van der Waals surface area contributed by atoms with Crippen molar-refractivity contribution < 1.29 is 4.79 Å². The van der Waals surface area contributed by atoms with E-state index < -0.39 is 0 Å². The van der Waals surface area contributed by atoms with Gasteiger partial charge in [0, 0.05) is 42.1 Å². The third-order valence-corrected chi connectivity index (χ3v) is 3.29. The SMILES string of the molecule is O=C(CCNc1ccc(Br)cc1)NCc1ccncc1. The Morgan fingerprint density at radius 3 is 2.50 bits per heavy atom. The van der Waals surface area contributed by atoms with Crippen LogP contribution in [0.3, 0.4) is 0 Å². The molecule has 1 aromatic heterocycles. The quantitative estimate of drug-likeness (QED) is 0.854. The minimum Gasteiger partial charge on any atom is -0.385 e. The van der Waals surface area contributed by atoms with E-state index in [1.165, 1.54) is 0 Å². The normalized spacial score (nSPS) is 10.1. The van der Waals surface area contributed by atoms with Crippen LogP contribution in [0.15, 0.2) is 53.3 Å². The van der Waals surface area contributed by atoms with Gasteiger partial charge in [0.25, 0.3) is 0 Å². The summed E-state index contributed by atoms with van der Waals surface area (Å²) in [5.41, 5.74) is 2.06. The molecule has 0 aliphatic carbocycles. The molecule has 0 radical (unpaired) electrons. The molecule has 20 heavy (non-hydrogen) atoms. The Kier molecular flexibility index (Phi) is 5.55. The molecule has 0 aliphatic rings. The number of hydrogen-bond donors (Lipinski definition) is 2. The molecule has 1 amide bonds. The molecule has 0 bridgehead atoms. The first-order valence-corrected chi connectivity index (χ1v) is 7.18. The van der Waals surface area contributed by atoms with E-state index in [0.717, 1.165) is 15.7 Å². The molecular formula is C15H16BrN3O. The summed E-state index contributed by atoms with van der Waals surface area (Å²) in [7, 11) is 0. The molecule has 0 unspecified atom stereocenters. The summed E-state index contributed by atoms with van der Waals surface area (Å²) in [6, 6.07) is 11.6. The molecule has 104 valence electrons. The molecule has 2 rings (SSSR count). The van der Waals surface area contributed by atoms with Crippen LogP contribution in [0, 0.1) is 0 Å². The predicted octanol–water partition coefficient (Wildman–Crippen LogP) is 2.96. The van der Waals surface area contributed by atoms with Gasteiger partial charge in [-0.1, -0.05) is 15.9 Å². The zero-order valence-electron chi connectivity index (χ0n) is 11.0. The van der Waals surface area contributed by atoms with Crippen LogP contribution >= 0.6 is 15.9 Å². The zero-order valence-corrected chi connectivity index (χ0v) is 12.6. The minimum atomic E-state index is 0.0337. The fourth-order valence-electron chi connectivity index (χ4n) is 1.68. The van der Waals surface area contributed by atoms with Gasteiger partial charge in [-0.15, -0.1) is 0 Å². The van der Waals surface area contributed by atoms with Crippen molar-refractivity contribution in [3.8, 4) is 0 Å². The maximum atomic E-state index is 11.7. The van der Waals surface area contributed by atoms with Crippen molar-refractivity contribution in [2.45, 2.75) is 13.0 Å². The zero-order chi connectivity index (χ0) is 14.2. The van der Waals surface area contributed by atoms with Crippen LogP contribution in [0.5, 0.6) is 0 Å². The van der Waals surface area contributed by atoms with Gasteiger partial charge < -0.3 is 10.6 Å². The molecule has 4 nitrogen and oxygen atoms in total. The topological polar surface area (TPSA) is 54.0 Å². The van der Waals surface area contributed by atoms with Crippen molar-refractivity contribution in [3.63, 3.8) is 0 Å². The van der Waals surface area contributed by atoms with Crippen molar-refractivity contribution in [2.24, 2.45) is 0 Å². The maximum Gasteiger partial charge on any atom is 0.222 e. The monoisotopic (exact) mass is 333 g/mol. The van der Waals surface area contributed by atoms with Crippen molar-refractivity contribution in [1.82, 2.24) is 10.3 Å². The summed E-state index contributed by atoms with van der Waals surface area (Å²) in [6.45, 7) is 1.16. The molecule has 0 saturated heterocycles. The van der Waals surface area contributed by atoms with Crippen LogP contribution in [-0.2, 0) is 11.3 Å². The number of benzene rings is 1. The van der Waals surface area contributed by atoms with Crippen LogP contribution < -0.4 is 10.6 Å². The minimum absolute atomic E-state index is 0.0337. The van der Waals surface area contributed by atoms with Crippen molar-refractivity contribution in [3.05, 3.63) is 58.8 Å². The van der Waals surface area contributed by atoms with Crippen LogP contribution in [0.25, 0.3) is 0 Å². The van der Waals surface area contributed by atoms with E-state index in [1.54, 1.807) is 12.4 Å². The molecule has 2 N–H and O–H groups in total. The number of carbonyl (C=O) groups is 1. The number of hydrogen-bond acceptors (Lipinski definition) is 3. The lowest BCUT2D eigenvalue weighted by Crippen LogP contribution is -2.24. The molecule has 1 heterocycles. The predicted molar refractivity (Wildman–Crippen MR) is 83.3 cm³/mol. The van der Waals surface area contributed by atoms with Crippen LogP contribution in [0.2, 0.25) is 0 Å². The summed E-state index contributed by atoms with van der Waals surface area (Å²) in [4.78, 5) is 15.6. The second kappa shape index (κ2) is 7.65. The number of halogens is 1. The Morgan fingerprint density at radius 2 is 1.80 bits per heavy atom. The number of pyridine rings is 1. The largest absolute Gasteiger partial charge is 0.385 e. The van der Waals surface area contributed by atoms with Gasteiger partial charge in [-0.05, 0) is 42.0 Å². The number of nitrogens with zero attached hydrogens (tertiary/aromatic N) is 1. The average Bonchev–Trinajstić information content (AvgIpc) is 2.48. The average molecular weight is 334 g/mol. The number of rotatable bonds is 6. The maximum absolute atomic E-state index is 11.7. The first-order valence-electron chi connectivity index (χ1n) is 6.39. The second-order valence-electron chi connectivity index (χ2n) is 4.32. The highest BCUT2D eigenvalue weighted by Crippen LogP contribution is 2.13. The van der Waals surface area contributed by atoms with Crippen molar-refractivity contribution >= 4 is 27.5 Å². The van der Waals surface area contributed by atoms with Gasteiger partial charge in [-0.3, -0.25) is 9.78 Å². The molecule has 5 heteroatoms. The highest BCUT2D eigenvalue weighted by molar-refractivity contribution is 9.10. The smallest absolute Gasteiger partial charge is 0.222 e. The molecule has 0 saturated carbocycles. The van der Waals surface area contributed by atoms with E-state index in [2.05, 4.69) is 31.5 Å². The number of carbonyl (C=O) groups excluding carboxylic acids is 1. The van der Waals surface area contributed by atoms with E-state index in [4.69, 9.17) is 0 Å². The Hall–Kier alpha value is -1.88. The third kappa shape index (κ3) is 5.01. The van der Waals surface area contributed by atoms with Gasteiger partial charge in [0.1, 0.15) is 0 Å². The number of aromatic nitrogens is 1. The number of anilines is 1. The molecule has 0 atom stereocenters. The van der Waals surface area contributed by atoms with Gasteiger partial charge in [0.05, 0.1) is 0 Å². The first-order chi connectivity index (χ1) is 9.74. The van der Waals surface area contributed by atoms with E-state index in [-0.39, 0.29) is 5.91 Å². The van der Waals surface area contributed by atoms with Crippen LogP contribution in [0.1, 0.15) is 12.0 Å². The van der Waals surface area contributed by atoms with Crippen LogP contribution in [0.4, 0.5) is 5.69 Å². The fraction of sp³-hybridized carbons (Fsp3) is 0.200. The number of nitrogens with one attached hydrogen (secondary N) is 2. The molecular weight excluding hydrogens is 318 g/mol. The van der Waals surface area contributed by atoms with Gasteiger partial charge >= 0.3 is 0 Å². The lowest BCUT2D eigenvalue weighted by molar-refractivity contribution is -0.121. The second-order valence-corrected chi connectivity index (χ2v) is 5.23.